The smallest absolute Gasteiger partial charge is 0.233 e. The Morgan fingerprint density at radius 3 is 3.00 bits per heavy atom. The van der Waals surface area contributed by atoms with Crippen LogP contribution in [0.5, 0.6) is 0 Å². The Morgan fingerprint density at radius 1 is 1.21 bits per heavy atom. The molecule has 2 atom stereocenters. The minimum Gasteiger partial charge on any atom is -0.339 e. The lowest BCUT2D eigenvalue weighted by molar-refractivity contribution is -0.134. The topological polar surface area (TPSA) is 32.7 Å². The number of fused-ring (bicyclic) bond motifs is 2. The van der Waals surface area contributed by atoms with Gasteiger partial charge in [0.25, 0.3) is 0 Å². The average molecular weight is 361 g/mol. The number of aliphatic imine (C=N–C) groups is 1. The zero-order valence-corrected chi connectivity index (χ0v) is 15.6. The molecule has 128 valence electrons. The van der Waals surface area contributed by atoms with Gasteiger partial charge in [-0.2, -0.15) is 0 Å². The van der Waals surface area contributed by atoms with Gasteiger partial charge in [-0.1, -0.05) is 54.6 Å². The van der Waals surface area contributed by atoms with Crippen molar-refractivity contribution in [2.45, 2.75) is 50.3 Å². The molecule has 2 aliphatic heterocycles. The molecule has 0 aromatic heterocycles. The van der Waals surface area contributed by atoms with Gasteiger partial charge < -0.3 is 4.90 Å². The number of hydrogen-bond donors (Lipinski definition) is 0. The zero-order valence-electron chi connectivity index (χ0n) is 13.9. The molecule has 1 saturated heterocycles. The molecule has 2 fully saturated rings. The van der Waals surface area contributed by atoms with Crippen LogP contribution in [0.1, 0.15) is 44.1 Å². The molecule has 5 heteroatoms. The van der Waals surface area contributed by atoms with E-state index in [0.29, 0.717) is 17.7 Å². The number of rotatable bonds is 2. The summed E-state index contributed by atoms with van der Waals surface area (Å²) in [4.78, 5) is 19.7. The van der Waals surface area contributed by atoms with Gasteiger partial charge in [-0.25, -0.2) is 4.99 Å². The fourth-order valence-corrected chi connectivity index (χ4v) is 6.18. The summed E-state index contributed by atoms with van der Waals surface area (Å²) in [5.74, 6) is 2.58. The number of benzene rings is 1. The van der Waals surface area contributed by atoms with E-state index < -0.39 is 0 Å². The van der Waals surface area contributed by atoms with E-state index in [-0.39, 0.29) is 0 Å². The summed E-state index contributed by atoms with van der Waals surface area (Å²) in [6.07, 6.45) is 7.68. The van der Waals surface area contributed by atoms with E-state index in [1.807, 2.05) is 6.07 Å². The van der Waals surface area contributed by atoms with E-state index in [4.69, 9.17) is 4.99 Å². The van der Waals surface area contributed by atoms with E-state index >= 15 is 0 Å². The van der Waals surface area contributed by atoms with Crippen LogP contribution in [0, 0.1) is 5.92 Å². The Hall–Kier alpha value is -0.940. The molecule has 1 aliphatic carbocycles. The van der Waals surface area contributed by atoms with Crippen molar-refractivity contribution < 1.29 is 4.79 Å². The van der Waals surface area contributed by atoms with Crippen LogP contribution < -0.4 is 0 Å². The third kappa shape index (κ3) is 3.52. The number of hydrogen-bond acceptors (Lipinski definition) is 4. The van der Waals surface area contributed by atoms with Crippen LogP contribution >= 0.6 is 23.5 Å². The summed E-state index contributed by atoms with van der Waals surface area (Å²) < 4.78 is 1.04. The van der Waals surface area contributed by atoms with Crippen LogP contribution in [0.4, 0.5) is 5.69 Å². The van der Waals surface area contributed by atoms with Crippen molar-refractivity contribution in [2.24, 2.45) is 10.9 Å². The molecule has 1 saturated carbocycles. The zero-order chi connectivity index (χ0) is 16.4. The summed E-state index contributed by atoms with van der Waals surface area (Å²) in [5.41, 5.74) is 2.36. The van der Waals surface area contributed by atoms with Crippen LogP contribution in [-0.4, -0.2) is 33.5 Å². The van der Waals surface area contributed by atoms with Gasteiger partial charge in [-0.05, 0) is 43.2 Å². The van der Waals surface area contributed by atoms with E-state index in [2.05, 4.69) is 23.1 Å². The maximum absolute atomic E-state index is 12.8. The van der Waals surface area contributed by atoms with Gasteiger partial charge in [0.05, 0.1) is 11.4 Å². The van der Waals surface area contributed by atoms with Crippen molar-refractivity contribution in [1.29, 1.82) is 0 Å². The number of likely N-dealkylation sites (tertiary alicyclic amines) is 1. The van der Waals surface area contributed by atoms with Gasteiger partial charge in [-0.15, -0.1) is 0 Å². The minimum atomic E-state index is 0.318. The van der Waals surface area contributed by atoms with Crippen LogP contribution in [0.3, 0.4) is 0 Å². The average Bonchev–Trinajstić information content (AvgIpc) is 2.65. The molecule has 0 bridgehead atoms. The van der Waals surface area contributed by atoms with E-state index in [9.17, 15) is 4.79 Å². The number of nitrogens with zero attached hydrogens (tertiary/aromatic N) is 2. The minimum absolute atomic E-state index is 0.318. The summed E-state index contributed by atoms with van der Waals surface area (Å²) in [5, 5.41) is 0. The first-order valence-corrected chi connectivity index (χ1v) is 11.0. The number of carbonyl (C=O) groups excluding carboxylic acids is 1. The highest BCUT2D eigenvalue weighted by molar-refractivity contribution is 8.38. The standard InChI is InChI=1S/C19H24N2OS2/c22-18(21-11-5-8-14-6-2-4-10-17(14)21)13-24-19-20-16-9-3-1-7-15(16)12-23-19/h1,3,7,9,14,17H,2,4-6,8,10-13H2. The first-order chi connectivity index (χ1) is 11.8. The molecule has 1 aromatic rings. The van der Waals surface area contributed by atoms with Crippen molar-refractivity contribution in [1.82, 2.24) is 4.90 Å². The van der Waals surface area contributed by atoms with Gasteiger partial charge in [-0.3, -0.25) is 4.79 Å². The first kappa shape index (κ1) is 16.5. The highest BCUT2D eigenvalue weighted by Gasteiger charge is 2.35. The van der Waals surface area contributed by atoms with Gasteiger partial charge in [0, 0.05) is 18.3 Å². The van der Waals surface area contributed by atoms with E-state index in [1.54, 1.807) is 23.5 Å². The lowest BCUT2D eigenvalue weighted by Crippen LogP contribution is -2.50. The van der Waals surface area contributed by atoms with Crippen LogP contribution in [0.2, 0.25) is 0 Å². The SMILES string of the molecule is O=C(CSC1=Nc2ccccc2CS1)N1CCCC2CCCCC21. The monoisotopic (exact) mass is 360 g/mol. The maximum Gasteiger partial charge on any atom is 0.233 e. The number of thioether (sulfide) groups is 2. The Labute approximate surface area is 152 Å². The molecule has 3 aliphatic rings. The quantitative estimate of drug-likeness (QED) is 0.757. The Balaban J connectivity index is 1.37. The van der Waals surface area contributed by atoms with E-state index in [0.717, 1.165) is 28.3 Å². The normalized spacial score (nSPS) is 26.3. The molecule has 1 amide bonds. The van der Waals surface area contributed by atoms with Crippen molar-refractivity contribution in [3.63, 3.8) is 0 Å². The van der Waals surface area contributed by atoms with Gasteiger partial charge >= 0.3 is 0 Å². The first-order valence-electron chi connectivity index (χ1n) is 9.03. The lowest BCUT2D eigenvalue weighted by Gasteiger charge is -2.44. The van der Waals surface area contributed by atoms with Crippen molar-refractivity contribution >= 4 is 39.5 Å². The highest BCUT2D eigenvalue weighted by Crippen LogP contribution is 2.37. The summed E-state index contributed by atoms with van der Waals surface area (Å²) in [6, 6.07) is 8.81. The number of piperidine rings is 1. The third-order valence-corrected chi connectivity index (χ3v) is 7.67. The molecule has 0 radical (unpaired) electrons. The van der Waals surface area contributed by atoms with Gasteiger partial charge in [0.2, 0.25) is 5.91 Å². The van der Waals surface area contributed by atoms with Crippen molar-refractivity contribution in [3.8, 4) is 0 Å². The predicted octanol–water partition coefficient (Wildman–Crippen LogP) is 4.84. The second kappa shape index (κ2) is 7.52. The molecule has 3 nitrogen and oxygen atoms in total. The van der Waals surface area contributed by atoms with Crippen molar-refractivity contribution in [2.75, 3.05) is 12.3 Å². The summed E-state index contributed by atoms with van der Waals surface area (Å²) in [6.45, 7) is 0.961. The van der Waals surface area contributed by atoms with Gasteiger partial charge in [0.15, 0.2) is 0 Å². The molecular formula is C19H24N2OS2. The summed E-state index contributed by atoms with van der Waals surface area (Å²) >= 11 is 3.38. The molecular weight excluding hydrogens is 336 g/mol. The van der Waals surface area contributed by atoms with Crippen LogP contribution in [0.15, 0.2) is 29.3 Å². The van der Waals surface area contributed by atoms with Crippen molar-refractivity contribution in [3.05, 3.63) is 29.8 Å². The summed E-state index contributed by atoms with van der Waals surface area (Å²) in [7, 11) is 0. The third-order valence-electron chi connectivity index (χ3n) is 5.44. The number of amides is 1. The molecule has 0 N–H and O–H groups in total. The van der Waals surface area contributed by atoms with E-state index in [1.165, 1.54) is 44.1 Å². The number of carbonyl (C=O) groups is 1. The second-order valence-electron chi connectivity index (χ2n) is 6.93. The molecule has 0 spiro atoms. The Bertz CT molecular complexity index is 644. The van der Waals surface area contributed by atoms with Gasteiger partial charge in [0.1, 0.15) is 4.38 Å². The molecule has 1 aromatic carbocycles. The number of para-hydroxylation sites is 1. The fourth-order valence-electron chi connectivity index (χ4n) is 4.23. The molecule has 2 unspecified atom stereocenters. The largest absolute Gasteiger partial charge is 0.339 e. The van der Waals surface area contributed by atoms with Crippen LogP contribution in [-0.2, 0) is 10.5 Å². The second-order valence-corrected chi connectivity index (χ2v) is 9.11. The Kier molecular flexibility index (Phi) is 5.18. The lowest BCUT2D eigenvalue weighted by atomic mass is 9.78. The van der Waals surface area contributed by atoms with Crippen LogP contribution in [0.25, 0.3) is 0 Å². The molecule has 2 heterocycles. The predicted molar refractivity (Wildman–Crippen MR) is 104 cm³/mol. The fraction of sp³-hybridized carbons (Fsp3) is 0.579. The molecule has 4 rings (SSSR count). The highest BCUT2D eigenvalue weighted by atomic mass is 32.2. The Morgan fingerprint density at radius 2 is 2.04 bits per heavy atom. The molecule has 24 heavy (non-hydrogen) atoms. The maximum atomic E-state index is 12.8.